The number of hydrogen-bond donors (Lipinski definition) is 3. The Morgan fingerprint density at radius 2 is 1.95 bits per heavy atom. The van der Waals surface area contributed by atoms with Crippen molar-refractivity contribution in [1.29, 1.82) is 5.41 Å². The number of allylic oxidation sites excluding steroid dienone is 2. The van der Waals surface area contributed by atoms with Crippen LogP contribution in [0.1, 0.15) is 13.8 Å². The molecule has 21 heavy (non-hydrogen) atoms. The Bertz CT molecular complexity index is 499. The van der Waals surface area contributed by atoms with Crippen LogP contribution in [0.4, 0.5) is 13.2 Å². The molecule has 0 atom stereocenters. The fraction of sp³-hybridized carbons (Fsp3) is 0.500. The van der Waals surface area contributed by atoms with Crippen LogP contribution in [-0.2, 0) is 0 Å². The molecule has 0 bridgehead atoms. The molecule has 0 aliphatic carbocycles. The molecule has 0 rings (SSSR count). The average Bonchev–Trinajstić information content (AvgIpc) is 2.30. The SMILES string of the molecule is C/C(Cl)=C(C(=N)N(C)S)\C(NCC(F)(F)F)=C(/C)[N+](=O)[O-]. The van der Waals surface area contributed by atoms with Crippen LogP contribution < -0.4 is 5.32 Å². The molecule has 0 spiro atoms. The zero-order chi connectivity index (χ0) is 17.0. The molecule has 0 fully saturated rings. The van der Waals surface area contributed by atoms with Gasteiger partial charge in [0.05, 0.1) is 10.5 Å². The molecule has 0 aromatic rings. The van der Waals surface area contributed by atoms with Gasteiger partial charge in [0.15, 0.2) is 0 Å². The van der Waals surface area contributed by atoms with Gasteiger partial charge >= 0.3 is 6.18 Å². The molecule has 2 N–H and O–H groups in total. The van der Waals surface area contributed by atoms with Crippen molar-refractivity contribution in [3.05, 3.63) is 32.1 Å². The minimum Gasteiger partial charge on any atom is -0.371 e. The van der Waals surface area contributed by atoms with Crippen molar-refractivity contribution in [3.63, 3.8) is 0 Å². The molecule has 0 aliphatic rings. The number of nitro groups is 1. The first-order valence-electron chi connectivity index (χ1n) is 5.42. The van der Waals surface area contributed by atoms with Crippen LogP contribution in [-0.4, -0.2) is 34.8 Å². The second-order valence-electron chi connectivity index (χ2n) is 3.97. The van der Waals surface area contributed by atoms with Crippen molar-refractivity contribution in [1.82, 2.24) is 9.62 Å². The van der Waals surface area contributed by atoms with Gasteiger partial charge in [0.1, 0.15) is 18.1 Å². The fourth-order valence-corrected chi connectivity index (χ4v) is 1.58. The molecule has 0 heterocycles. The fourth-order valence-electron chi connectivity index (χ4n) is 1.29. The normalized spacial score (nSPS) is 14.1. The van der Waals surface area contributed by atoms with Crippen LogP contribution >= 0.6 is 24.4 Å². The molecule has 11 heteroatoms. The summed E-state index contributed by atoms with van der Waals surface area (Å²) in [6.07, 6.45) is -4.58. The summed E-state index contributed by atoms with van der Waals surface area (Å²) < 4.78 is 37.9. The van der Waals surface area contributed by atoms with Crippen LogP contribution in [0, 0.1) is 15.5 Å². The summed E-state index contributed by atoms with van der Waals surface area (Å²) >= 11 is 9.62. The van der Waals surface area contributed by atoms with E-state index in [4.69, 9.17) is 17.0 Å². The number of alkyl halides is 3. The minimum atomic E-state index is -4.58. The van der Waals surface area contributed by atoms with Crippen LogP contribution in [0.3, 0.4) is 0 Å². The second kappa shape index (κ2) is 7.55. The predicted molar refractivity (Wildman–Crippen MR) is 76.8 cm³/mol. The molecule has 6 nitrogen and oxygen atoms in total. The Hall–Kier alpha value is -1.42. The first kappa shape index (κ1) is 19.6. The average molecular weight is 347 g/mol. The van der Waals surface area contributed by atoms with Gasteiger partial charge in [-0.05, 0) is 6.92 Å². The molecule has 120 valence electrons. The summed E-state index contributed by atoms with van der Waals surface area (Å²) in [5.41, 5.74) is -1.29. The largest absolute Gasteiger partial charge is 0.405 e. The Kier molecular flexibility index (Phi) is 7.04. The summed E-state index contributed by atoms with van der Waals surface area (Å²) in [6.45, 7) is 0.834. The Morgan fingerprint density at radius 1 is 1.48 bits per heavy atom. The number of nitrogens with one attached hydrogen (secondary N) is 2. The zero-order valence-corrected chi connectivity index (χ0v) is 13.0. The van der Waals surface area contributed by atoms with E-state index in [9.17, 15) is 23.3 Å². The summed E-state index contributed by atoms with van der Waals surface area (Å²) in [6, 6.07) is 0. The lowest BCUT2D eigenvalue weighted by Gasteiger charge is -2.20. The molecule has 0 amide bonds. The van der Waals surface area contributed by atoms with Crippen molar-refractivity contribution in [2.45, 2.75) is 20.0 Å². The van der Waals surface area contributed by atoms with Crippen molar-refractivity contribution < 1.29 is 18.1 Å². The molecular formula is C10H14ClF3N4O2S. The minimum absolute atomic E-state index is 0.0771. The van der Waals surface area contributed by atoms with Crippen molar-refractivity contribution >= 4 is 30.3 Å². The van der Waals surface area contributed by atoms with Gasteiger partial charge < -0.3 is 9.62 Å². The van der Waals surface area contributed by atoms with E-state index in [2.05, 4.69) is 12.8 Å². The molecule has 0 aromatic carbocycles. The smallest absolute Gasteiger partial charge is 0.371 e. The molecule has 0 saturated carbocycles. The van der Waals surface area contributed by atoms with Gasteiger partial charge in [-0.3, -0.25) is 15.5 Å². The number of thiol groups is 1. The van der Waals surface area contributed by atoms with E-state index in [0.717, 1.165) is 11.2 Å². The Morgan fingerprint density at radius 3 is 2.24 bits per heavy atom. The highest BCUT2D eigenvalue weighted by atomic mass is 35.5. The number of halogens is 4. The lowest BCUT2D eigenvalue weighted by atomic mass is 10.1. The molecule has 0 unspecified atom stereocenters. The zero-order valence-electron chi connectivity index (χ0n) is 11.4. The summed E-state index contributed by atoms with van der Waals surface area (Å²) in [4.78, 5) is 9.99. The molecule has 0 radical (unpaired) electrons. The molecule has 0 aliphatic heterocycles. The highest BCUT2D eigenvalue weighted by molar-refractivity contribution is 7.78. The second-order valence-corrected chi connectivity index (χ2v) is 5.13. The van der Waals surface area contributed by atoms with Crippen LogP contribution in [0.25, 0.3) is 0 Å². The number of nitrogens with zero attached hydrogens (tertiary/aromatic N) is 2. The van der Waals surface area contributed by atoms with Crippen LogP contribution in [0.15, 0.2) is 22.0 Å². The third-order valence-electron chi connectivity index (χ3n) is 2.26. The van der Waals surface area contributed by atoms with Gasteiger partial charge in [-0.2, -0.15) is 13.2 Å². The maximum atomic E-state index is 12.3. The first-order chi connectivity index (χ1) is 9.38. The van der Waals surface area contributed by atoms with Crippen LogP contribution in [0.5, 0.6) is 0 Å². The van der Waals surface area contributed by atoms with E-state index >= 15 is 0 Å². The van der Waals surface area contributed by atoms with E-state index in [1.807, 2.05) is 5.32 Å². The monoisotopic (exact) mass is 346 g/mol. The van der Waals surface area contributed by atoms with Gasteiger partial charge in [-0.15, -0.1) is 0 Å². The molecule has 0 saturated heterocycles. The number of likely N-dealkylation sites (N-methyl/N-ethyl adjacent to an activating group) is 1. The quantitative estimate of drug-likeness (QED) is 0.178. The Labute approximate surface area is 129 Å². The third kappa shape index (κ3) is 6.25. The van der Waals surface area contributed by atoms with Gasteiger partial charge in [0, 0.05) is 19.0 Å². The van der Waals surface area contributed by atoms with Gasteiger partial charge in [-0.1, -0.05) is 24.4 Å². The number of amidine groups is 1. The van der Waals surface area contributed by atoms with Crippen LogP contribution in [0.2, 0.25) is 0 Å². The maximum Gasteiger partial charge on any atom is 0.405 e. The van der Waals surface area contributed by atoms with Gasteiger partial charge in [0.2, 0.25) is 0 Å². The summed E-state index contributed by atoms with van der Waals surface area (Å²) in [5, 5.41) is 20.5. The lowest BCUT2D eigenvalue weighted by molar-refractivity contribution is -0.425. The van der Waals surface area contributed by atoms with E-state index < -0.39 is 29.0 Å². The highest BCUT2D eigenvalue weighted by Crippen LogP contribution is 2.24. The number of hydrogen-bond acceptors (Lipinski definition) is 5. The number of rotatable bonds is 5. The van der Waals surface area contributed by atoms with E-state index in [-0.39, 0.29) is 16.4 Å². The van der Waals surface area contributed by atoms with Crippen molar-refractivity contribution in [2.75, 3.05) is 13.6 Å². The standard InChI is InChI=1S/C10H14ClF3N4O2S/c1-5(11)7(9(15)17(3)21)8(6(2)18(19)20)16-4-10(12,13)14/h15-16,21H,4H2,1-3H3/b7-5-,8-6-,15-9?. The predicted octanol–water partition coefficient (Wildman–Crippen LogP) is 2.91. The third-order valence-corrected chi connectivity index (χ3v) is 2.65. The molecular weight excluding hydrogens is 333 g/mol. The lowest BCUT2D eigenvalue weighted by Crippen LogP contribution is -2.33. The summed E-state index contributed by atoms with van der Waals surface area (Å²) in [7, 11) is 1.34. The Balaban J connectivity index is 5.90. The van der Waals surface area contributed by atoms with E-state index in [1.165, 1.54) is 14.0 Å². The van der Waals surface area contributed by atoms with Gasteiger partial charge in [-0.25, -0.2) is 0 Å². The summed E-state index contributed by atoms with van der Waals surface area (Å²) in [5.74, 6) is -0.378. The topological polar surface area (TPSA) is 82.3 Å². The van der Waals surface area contributed by atoms with E-state index in [0.29, 0.717) is 0 Å². The highest BCUT2D eigenvalue weighted by Gasteiger charge is 2.31. The van der Waals surface area contributed by atoms with Crippen molar-refractivity contribution in [2.24, 2.45) is 0 Å². The first-order valence-corrected chi connectivity index (χ1v) is 6.20. The van der Waals surface area contributed by atoms with Crippen molar-refractivity contribution in [3.8, 4) is 0 Å². The van der Waals surface area contributed by atoms with Gasteiger partial charge in [0.25, 0.3) is 5.70 Å². The van der Waals surface area contributed by atoms with E-state index in [1.54, 1.807) is 0 Å². The molecule has 0 aromatic heterocycles. The maximum absolute atomic E-state index is 12.3.